The van der Waals surface area contributed by atoms with Gasteiger partial charge in [-0.2, -0.15) is 0 Å². The molecule has 0 bridgehead atoms. The minimum Gasteiger partial charge on any atom is -0.358 e. The first kappa shape index (κ1) is 28.9. The zero-order valence-electron chi connectivity index (χ0n) is 24.9. The Morgan fingerprint density at radius 2 is 1.81 bits per heavy atom. The van der Waals surface area contributed by atoms with Crippen LogP contribution in [0.4, 0.5) is 10.1 Å². The van der Waals surface area contributed by atoms with Gasteiger partial charge in [-0.3, -0.25) is 14.4 Å². The van der Waals surface area contributed by atoms with Gasteiger partial charge in [0.15, 0.2) is 0 Å². The van der Waals surface area contributed by atoms with Crippen molar-refractivity contribution in [3.05, 3.63) is 87.5 Å². The van der Waals surface area contributed by atoms with Crippen LogP contribution in [-0.2, 0) is 4.79 Å². The fourth-order valence-corrected chi connectivity index (χ4v) is 6.67. The highest BCUT2D eigenvalue weighted by Gasteiger charge is 2.34. The number of hydrogen-bond donors (Lipinski definition) is 3. The summed E-state index contributed by atoms with van der Waals surface area (Å²) >= 11 is 0. The number of nitrogens with one attached hydrogen (secondary N) is 3. The van der Waals surface area contributed by atoms with Gasteiger partial charge in [0, 0.05) is 47.3 Å². The van der Waals surface area contributed by atoms with Crippen molar-refractivity contribution in [2.45, 2.75) is 58.5 Å². The van der Waals surface area contributed by atoms with Crippen LogP contribution in [0.25, 0.3) is 11.6 Å². The number of halogens is 1. The highest BCUT2D eigenvalue weighted by Crippen LogP contribution is 2.35. The number of amides is 3. The van der Waals surface area contributed by atoms with E-state index in [9.17, 15) is 18.8 Å². The minimum absolute atomic E-state index is 0.0445. The number of anilines is 1. The maximum absolute atomic E-state index is 13.8. The number of hydrogen-bond acceptors (Lipinski definition) is 4. The fraction of sp³-hybridized carbons (Fsp3) is 0.382. The van der Waals surface area contributed by atoms with Crippen LogP contribution >= 0.6 is 0 Å². The van der Waals surface area contributed by atoms with Gasteiger partial charge in [-0.05, 0) is 107 Å². The topological polar surface area (TPSA) is 97.5 Å². The van der Waals surface area contributed by atoms with Crippen molar-refractivity contribution in [3.8, 4) is 0 Å². The Bertz CT molecular complexity index is 1600. The highest BCUT2D eigenvalue weighted by atomic mass is 19.1. The number of aryl methyl sites for hydroxylation is 1. The van der Waals surface area contributed by atoms with E-state index >= 15 is 0 Å². The van der Waals surface area contributed by atoms with Gasteiger partial charge in [0.05, 0.1) is 17.2 Å². The normalized spacial score (nSPS) is 20.0. The molecule has 0 unspecified atom stereocenters. The van der Waals surface area contributed by atoms with Gasteiger partial charge in [0.25, 0.3) is 17.7 Å². The van der Waals surface area contributed by atoms with Crippen LogP contribution in [0.2, 0.25) is 0 Å². The molecule has 0 spiro atoms. The predicted molar refractivity (Wildman–Crippen MR) is 165 cm³/mol. The molecule has 6 rings (SSSR count). The highest BCUT2D eigenvalue weighted by molar-refractivity contribution is 6.35. The molecule has 2 aromatic carbocycles. The van der Waals surface area contributed by atoms with Crippen molar-refractivity contribution < 1.29 is 18.8 Å². The van der Waals surface area contributed by atoms with Crippen LogP contribution in [0.5, 0.6) is 0 Å². The first-order valence-corrected chi connectivity index (χ1v) is 15.2. The van der Waals surface area contributed by atoms with Crippen molar-refractivity contribution in [3.63, 3.8) is 0 Å². The smallest absolute Gasteiger partial charge is 0.256 e. The number of aromatic amines is 1. The first-order valence-electron chi connectivity index (χ1n) is 15.2. The number of nitrogens with zero attached hydrogens (tertiary/aromatic N) is 2. The van der Waals surface area contributed by atoms with E-state index in [1.165, 1.54) is 25.0 Å². The van der Waals surface area contributed by atoms with Crippen molar-refractivity contribution in [1.29, 1.82) is 0 Å². The van der Waals surface area contributed by atoms with Gasteiger partial charge in [-0.1, -0.05) is 12.1 Å². The third kappa shape index (κ3) is 5.73. The molecule has 3 N–H and O–H groups in total. The second kappa shape index (κ2) is 11.8. The van der Waals surface area contributed by atoms with Crippen LogP contribution in [0, 0.1) is 19.7 Å². The predicted octanol–water partition coefficient (Wildman–Crippen LogP) is 5.45. The summed E-state index contributed by atoms with van der Waals surface area (Å²) in [4.78, 5) is 47.9. The Hall–Kier alpha value is -4.24. The summed E-state index contributed by atoms with van der Waals surface area (Å²) in [7, 11) is 0. The number of carbonyl (C=O) groups is 3. The van der Waals surface area contributed by atoms with E-state index < -0.39 is 0 Å². The van der Waals surface area contributed by atoms with Crippen LogP contribution in [0.1, 0.15) is 87.4 Å². The molecule has 3 aliphatic rings. The largest absolute Gasteiger partial charge is 0.358 e. The molecule has 9 heteroatoms. The Labute approximate surface area is 251 Å². The van der Waals surface area contributed by atoms with E-state index in [2.05, 4.69) is 20.5 Å². The van der Waals surface area contributed by atoms with Crippen molar-refractivity contribution in [1.82, 2.24) is 20.1 Å². The van der Waals surface area contributed by atoms with E-state index in [-0.39, 0.29) is 35.6 Å². The molecule has 1 aromatic heterocycles. The maximum atomic E-state index is 13.8. The quantitative estimate of drug-likeness (QED) is 0.322. The zero-order valence-corrected chi connectivity index (χ0v) is 24.9. The van der Waals surface area contributed by atoms with Crippen LogP contribution in [0.15, 0.2) is 42.5 Å². The monoisotopic (exact) mass is 583 g/mol. The fourth-order valence-electron chi connectivity index (χ4n) is 6.67. The average Bonchev–Trinajstić information content (AvgIpc) is 3.78. The van der Waals surface area contributed by atoms with E-state index in [4.69, 9.17) is 0 Å². The number of carbonyl (C=O) groups excluding carboxylic acids is 3. The standard InChI is InChI=1S/C34H38FN5O3/c1-20-30(36-22(3)31(20)34(43)40-16-6-7-26(40)19-39-14-4-5-15-39)18-28-27-17-24(10-13-29(27)38-33(28)42)32(41)37-21(2)23-8-11-25(35)12-9-23/h8-13,17-18,21,26,36H,4-7,14-16,19H2,1-3H3,(H,37,41)(H,38,42)/b28-18-/t21-,26-/m1/s1. The number of fused-ring (bicyclic) bond motifs is 1. The van der Waals surface area contributed by atoms with E-state index in [0.717, 1.165) is 55.8 Å². The van der Waals surface area contributed by atoms with Gasteiger partial charge >= 0.3 is 0 Å². The minimum atomic E-state index is -0.334. The molecule has 3 aromatic rings. The number of likely N-dealkylation sites (tertiary alicyclic amines) is 2. The van der Waals surface area contributed by atoms with Crippen LogP contribution in [-0.4, -0.2) is 64.7 Å². The summed E-state index contributed by atoms with van der Waals surface area (Å²) in [6.07, 6.45) is 6.27. The molecular formula is C34H38FN5O3. The summed E-state index contributed by atoms with van der Waals surface area (Å²) in [6, 6.07) is 11.0. The molecule has 3 amide bonds. The third-order valence-electron chi connectivity index (χ3n) is 9.07. The van der Waals surface area contributed by atoms with Crippen molar-refractivity contribution in [2.24, 2.45) is 0 Å². The Kier molecular flexibility index (Phi) is 7.92. The van der Waals surface area contributed by atoms with E-state index in [0.29, 0.717) is 33.6 Å². The number of benzene rings is 2. The van der Waals surface area contributed by atoms with Crippen molar-refractivity contribution in [2.75, 3.05) is 31.5 Å². The summed E-state index contributed by atoms with van der Waals surface area (Å²) in [5.41, 5.74) is 5.82. The van der Waals surface area contributed by atoms with Gasteiger partial charge in [0.1, 0.15) is 5.82 Å². The third-order valence-corrected chi connectivity index (χ3v) is 9.07. The molecule has 224 valence electrons. The van der Waals surface area contributed by atoms with Crippen molar-refractivity contribution >= 4 is 35.1 Å². The summed E-state index contributed by atoms with van der Waals surface area (Å²) in [5.74, 6) is -0.855. The van der Waals surface area contributed by atoms with E-state index in [1.54, 1.807) is 36.4 Å². The first-order chi connectivity index (χ1) is 20.7. The molecule has 8 nitrogen and oxygen atoms in total. The lowest BCUT2D eigenvalue weighted by molar-refractivity contribution is -0.110. The zero-order chi connectivity index (χ0) is 30.2. The molecule has 4 heterocycles. The van der Waals surface area contributed by atoms with Crippen LogP contribution in [0.3, 0.4) is 0 Å². The SMILES string of the molecule is Cc1[nH]c(/C=C2\C(=O)Nc3ccc(C(=O)N[C@H](C)c4ccc(F)cc4)cc32)c(C)c1C(=O)N1CCC[C@@H]1CN1CCCC1. The molecule has 0 saturated carbocycles. The Morgan fingerprint density at radius 3 is 2.56 bits per heavy atom. The summed E-state index contributed by atoms with van der Waals surface area (Å²) in [6.45, 7) is 9.57. The average molecular weight is 584 g/mol. The Morgan fingerprint density at radius 1 is 1.07 bits per heavy atom. The lowest BCUT2D eigenvalue weighted by Gasteiger charge is -2.28. The van der Waals surface area contributed by atoms with Gasteiger partial charge in [-0.15, -0.1) is 0 Å². The maximum Gasteiger partial charge on any atom is 0.256 e. The summed E-state index contributed by atoms with van der Waals surface area (Å²) in [5, 5.41) is 5.83. The Balaban J connectivity index is 1.23. The van der Waals surface area contributed by atoms with Gasteiger partial charge < -0.3 is 25.4 Å². The number of rotatable bonds is 7. The van der Waals surface area contributed by atoms with Gasteiger partial charge in [-0.25, -0.2) is 4.39 Å². The van der Waals surface area contributed by atoms with E-state index in [1.807, 2.05) is 25.7 Å². The molecule has 2 fully saturated rings. The molecular weight excluding hydrogens is 545 g/mol. The molecule has 0 radical (unpaired) electrons. The molecule has 3 aliphatic heterocycles. The molecule has 2 atom stereocenters. The lowest BCUT2D eigenvalue weighted by Crippen LogP contribution is -2.42. The number of aromatic nitrogens is 1. The molecule has 43 heavy (non-hydrogen) atoms. The number of H-pyrrole nitrogens is 1. The van der Waals surface area contributed by atoms with Gasteiger partial charge in [0.2, 0.25) is 0 Å². The second-order valence-corrected chi connectivity index (χ2v) is 12.0. The molecule has 0 aliphatic carbocycles. The second-order valence-electron chi connectivity index (χ2n) is 12.0. The van der Waals surface area contributed by atoms with Crippen LogP contribution < -0.4 is 10.6 Å². The molecule has 2 saturated heterocycles. The lowest BCUT2D eigenvalue weighted by atomic mass is 10.0. The summed E-state index contributed by atoms with van der Waals surface area (Å²) < 4.78 is 13.3.